The average molecular weight is 267 g/mol. The lowest BCUT2D eigenvalue weighted by Gasteiger charge is -2.17. The summed E-state index contributed by atoms with van der Waals surface area (Å²) in [6.07, 6.45) is 3.22. The van der Waals surface area contributed by atoms with Crippen LogP contribution in [0.4, 0.5) is 0 Å². The van der Waals surface area contributed by atoms with E-state index in [1.165, 1.54) is 15.9 Å². The van der Waals surface area contributed by atoms with E-state index in [1.54, 1.807) is 31.4 Å². The molecule has 1 amide bonds. The Hall–Kier alpha value is -1.62. The summed E-state index contributed by atoms with van der Waals surface area (Å²) >= 11 is 1.61. The number of thiophene rings is 1. The van der Waals surface area contributed by atoms with E-state index in [1.807, 2.05) is 19.1 Å². The summed E-state index contributed by atoms with van der Waals surface area (Å²) in [6, 6.07) is 3.94. The molecule has 0 aliphatic rings. The lowest BCUT2D eigenvalue weighted by Crippen LogP contribution is -2.32. The van der Waals surface area contributed by atoms with Gasteiger partial charge in [-0.2, -0.15) is 0 Å². The second-order valence-electron chi connectivity index (χ2n) is 4.24. The number of carboxylic acids is 1. The van der Waals surface area contributed by atoms with Crippen molar-refractivity contribution in [3.05, 3.63) is 28.0 Å². The van der Waals surface area contributed by atoms with Crippen molar-refractivity contribution in [3.63, 3.8) is 0 Å². The zero-order valence-electron chi connectivity index (χ0n) is 10.7. The first-order valence-corrected chi connectivity index (χ1v) is 6.44. The fourth-order valence-electron chi connectivity index (χ4n) is 1.40. The van der Waals surface area contributed by atoms with Crippen LogP contribution in [0, 0.1) is 12.8 Å². The number of amides is 1. The van der Waals surface area contributed by atoms with E-state index < -0.39 is 11.9 Å². The third-order valence-corrected chi connectivity index (χ3v) is 3.46. The Kier molecular flexibility index (Phi) is 5.09. The standard InChI is InChI=1S/C13H17NO3S/c1-9(13(16)17)8-14(3)12(15)7-6-11-5-4-10(2)18-11/h4-7,9H,8H2,1-3H3,(H,16,17). The molecule has 4 nitrogen and oxygen atoms in total. The molecule has 0 spiro atoms. The van der Waals surface area contributed by atoms with E-state index >= 15 is 0 Å². The molecular formula is C13H17NO3S. The molecule has 0 saturated carbocycles. The van der Waals surface area contributed by atoms with Gasteiger partial charge in [-0.15, -0.1) is 11.3 Å². The van der Waals surface area contributed by atoms with Gasteiger partial charge in [-0.3, -0.25) is 9.59 Å². The molecule has 0 saturated heterocycles. The van der Waals surface area contributed by atoms with Crippen LogP contribution in [0.15, 0.2) is 18.2 Å². The summed E-state index contributed by atoms with van der Waals surface area (Å²) in [5.41, 5.74) is 0. The van der Waals surface area contributed by atoms with Gasteiger partial charge in [0.25, 0.3) is 0 Å². The van der Waals surface area contributed by atoms with Crippen molar-refractivity contribution in [2.24, 2.45) is 5.92 Å². The largest absolute Gasteiger partial charge is 0.481 e. The van der Waals surface area contributed by atoms with Crippen molar-refractivity contribution in [2.45, 2.75) is 13.8 Å². The second-order valence-corrected chi connectivity index (χ2v) is 5.56. The van der Waals surface area contributed by atoms with E-state index in [2.05, 4.69) is 0 Å². The van der Waals surface area contributed by atoms with E-state index in [9.17, 15) is 9.59 Å². The van der Waals surface area contributed by atoms with Gasteiger partial charge in [-0.25, -0.2) is 0 Å². The van der Waals surface area contributed by atoms with Gasteiger partial charge < -0.3 is 10.0 Å². The zero-order valence-corrected chi connectivity index (χ0v) is 11.5. The Bertz CT molecular complexity index is 465. The topological polar surface area (TPSA) is 57.6 Å². The van der Waals surface area contributed by atoms with E-state index in [0.717, 1.165) is 4.88 Å². The summed E-state index contributed by atoms with van der Waals surface area (Å²) in [7, 11) is 1.60. The van der Waals surface area contributed by atoms with Gasteiger partial charge in [0.2, 0.25) is 5.91 Å². The molecule has 18 heavy (non-hydrogen) atoms. The Morgan fingerprint density at radius 3 is 2.67 bits per heavy atom. The molecular weight excluding hydrogens is 250 g/mol. The first-order valence-electron chi connectivity index (χ1n) is 5.62. The SMILES string of the molecule is Cc1ccc(C=CC(=O)N(C)CC(C)C(=O)O)s1. The number of likely N-dealkylation sites (N-methyl/N-ethyl adjacent to an activating group) is 1. The van der Waals surface area contributed by atoms with Crippen LogP contribution in [0.1, 0.15) is 16.7 Å². The summed E-state index contributed by atoms with van der Waals surface area (Å²) in [5.74, 6) is -1.64. The van der Waals surface area contributed by atoms with Gasteiger partial charge >= 0.3 is 5.97 Å². The van der Waals surface area contributed by atoms with Gasteiger partial charge in [0.05, 0.1) is 5.92 Å². The van der Waals surface area contributed by atoms with Gasteiger partial charge in [-0.05, 0) is 25.1 Å². The van der Waals surface area contributed by atoms with Gasteiger partial charge in [-0.1, -0.05) is 6.92 Å². The highest BCUT2D eigenvalue weighted by molar-refractivity contribution is 7.12. The third kappa shape index (κ3) is 4.33. The highest BCUT2D eigenvalue weighted by Gasteiger charge is 2.15. The Labute approximate surface area is 111 Å². The van der Waals surface area contributed by atoms with Gasteiger partial charge in [0.15, 0.2) is 0 Å². The molecule has 1 aromatic rings. The number of hydrogen-bond donors (Lipinski definition) is 1. The average Bonchev–Trinajstić information content (AvgIpc) is 2.71. The molecule has 0 aliphatic carbocycles. The van der Waals surface area contributed by atoms with Crippen LogP contribution < -0.4 is 0 Å². The first kappa shape index (κ1) is 14.4. The smallest absolute Gasteiger partial charge is 0.308 e. The fourth-order valence-corrected chi connectivity index (χ4v) is 2.18. The number of hydrogen-bond acceptors (Lipinski definition) is 3. The van der Waals surface area contributed by atoms with Crippen LogP contribution in [-0.2, 0) is 9.59 Å². The monoisotopic (exact) mass is 267 g/mol. The van der Waals surface area contributed by atoms with Crippen LogP contribution in [0.25, 0.3) is 6.08 Å². The van der Waals surface area contributed by atoms with E-state index in [0.29, 0.717) is 0 Å². The predicted molar refractivity (Wildman–Crippen MR) is 72.5 cm³/mol. The molecule has 5 heteroatoms. The fraction of sp³-hybridized carbons (Fsp3) is 0.385. The molecule has 0 fully saturated rings. The van der Waals surface area contributed by atoms with Crippen molar-refractivity contribution in [3.8, 4) is 0 Å². The Morgan fingerprint density at radius 1 is 1.50 bits per heavy atom. The zero-order chi connectivity index (χ0) is 13.7. The van der Waals surface area contributed by atoms with Crippen molar-refractivity contribution < 1.29 is 14.7 Å². The van der Waals surface area contributed by atoms with E-state index in [4.69, 9.17) is 5.11 Å². The number of nitrogens with zero attached hydrogens (tertiary/aromatic N) is 1. The molecule has 0 aromatic carbocycles. The lowest BCUT2D eigenvalue weighted by molar-refractivity contribution is -0.142. The van der Waals surface area contributed by atoms with E-state index in [-0.39, 0.29) is 12.5 Å². The molecule has 1 atom stereocenters. The Balaban J connectivity index is 2.54. The summed E-state index contributed by atoms with van der Waals surface area (Å²) in [6.45, 7) is 3.80. The molecule has 0 aliphatic heterocycles. The highest BCUT2D eigenvalue weighted by atomic mass is 32.1. The predicted octanol–water partition coefficient (Wildman–Crippen LogP) is 2.25. The molecule has 1 heterocycles. The van der Waals surface area contributed by atoms with Gasteiger partial charge in [0, 0.05) is 29.4 Å². The normalized spacial score (nSPS) is 12.6. The maximum atomic E-state index is 11.7. The minimum Gasteiger partial charge on any atom is -0.481 e. The number of carboxylic acid groups (broad SMARTS) is 1. The number of aryl methyl sites for hydroxylation is 1. The molecule has 1 unspecified atom stereocenters. The van der Waals surface area contributed by atoms with Crippen molar-refractivity contribution in [1.29, 1.82) is 0 Å². The molecule has 1 aromatic heterocycles. The summed E-state index contributed by atoms with van der Waals surface area (Å²) < 4.78 is 0. The van der Waals surface area contributed by atoms with Crippen LogP contribution >= 0.6 is 11.3 Å². The van der Waals surface area contributed by atoms with Crippen molar-refractivity contribution in [2.75, 3.05) is 13.6 Å². The summed E-state index contributed by atoms with van der Waals surface area (Å²) in [5, 5.41) is 8.77. The van der Waals surface area contributed by atoms with Crippen LogP contribution in [-0.4, -0.2) is 35.5 Å². The maximum absolute atomic E-state index is 11.7. The number of rotatable bonds is 5. The third-order valence-electron chi connectivity index (χ3n) is 2.50. The second kappa shape index (κ2) is 6.35. The quantitative estimate of drug-likeness (QED) is 0.832. The van der Waals surface area contributed by atoms with Crippen LogP contribution in [0.5, 0.6) is 0 Å². The highest BCUT2D eigenvalue weighted by Crippen LogP contribution is 2.16. The van der Waals surface area contributed by atoms with Crippen molar-refractivity contribution in [1.82, 2.24) is 4.90 Å². The van der Waals surface area contributed by atoms with Crippen LogP contribution in [0.3, 0.4) is 0 Å². The molecule has 0 radical (unpaired) electrons. The Morgan fingerprint density at radius 2 is 2.17 bits per heavy atom. The number of carbonyl (C=O) groups excluding carboxylic acids is 1. The molecule has 0 bridgehead atoms. The minimum atomic E-state index is -0.896. The molecule has 98 valence electrons. The number of aliphatic carboxylic acids is 1. The molecule has 1 rings (SSSR count). The lowest BCUT2D eigenvalue weighted by atomic mass is 10.2. The van der Waals surface area contributed by atoms with Gasteiger partial charge in [0.1, 0.15) is 0 Å². The first-order chi connectivity index (χ1) is 8.40. The maximum Gasteiger partial charge on any atom is 0.308 e. The number of carbonyl (C=O) groups is 2. The molecule has 1 N–H and O–H groups in total. The summed E-state index contributed by atoms with van der Waals surface area (Å²) in [4.78, 5) is 26.0. The minimum absolute atomic E-state index is 0.186. The van der Waals surface area contributed by atoms with Crippen LogP contribution in [0.2, 0.25) is 0 Å². The van der Waals surface area contributed by atoms with Crippen molar-refractivity contribution >= 4 is 29.3 Å².